The molecule has 0 saturated carbocycles. The molecule has 2 aromatic heterocycles. The van der Waals surface area contributed by atoms with Crippen molar-refractivity contribution in [3.63, 3.8) is 0 Å². The van der Waals surface area contributed by atoms with Gasteiger partial charge in [-0.1, -0.05) is 0 Å². The molecule has 120 valence electrons. The molecule has 4 heterocycles. The number of nitrogens with zero attached hydrogens (tertiary/aromatic N) is 6. The first-order valence-electron chi connectivity index (χ1n) is 8.01. The lowest BCUT2D eigenvalue weighted by atomic mass is 9.96. The van der Waals surface area contributed by atoms with Gasteiger partial charge < -0.3 is 9.80 Å². The summed E-state index contributed by atoms with van der Waals surface area (Å²) in [5.41, 5.74) is 1.81. The Hall–Kier alpha value is -2.44. The SMILES string of the molecule is Cc1ccc(N2CC[C@@H]3[C@H]2CCC(=O)N3c2cnn(C)c2)nn1. The second-order valence-electron chi connectivity index (χ2n) is 6.32. The van der Waals surface area contributed by atoms with Crippen LogP contribution >= 0.6 is 0 Å². The van der Waals surface area contributed by atoms with Crippen molar-refractivity contribution >= 4 is 17.4 Å². The molecule has 0 N–H and O–H groups in total. The summed E-state index contributed by atoms with van der Waals surface area (Å²) in [4.78, 5) is 16.7. The molecule has 0 spiro atoms. The third-order valence-electron chi connectivity index (χ3n) is 4.81. The number of carbonyl (C=O) groups excluding carboxylic acids is 1. The summed E-state index contributed by atoms with van der Waals surface area (Å²) < 4.78 is 1.74. The zero-order valence-corrected chi connectivity index (χ0v) is 13.4. The van der Waals surface area contributed by atoms with Crippen molar-refractivity contribution in [2.24, 2.45) is 7.05 Å². The topological polar surface area (TPSA) is 67.2 Å². The van der Waals surface area contributed by atoms with Crippen molar-refractivity contribution in [3.8, 4) is 0 Å². The number of carbonyl (C=O) groups is 1. The van der Waals surface area contributed by atoms with E-state index in [2.05, 4.69) is 20.2 Å². The highest BCUT2D eigenvalue weighted by atomic mass is 16.2. The van der Waals surface area contributed by atoms with Crippen LogP contribution in [0.4, 0.5) is 11.5 Å². The molecule has 2 atom stereocenters. The normalized spacial score (nSPS) is 24.2. The Morgan fingerprint density at radius 2 is 2.04 bits per heavy atom. The van der Waals surface area contributed by atoms with Crippen molar-refractivity contribution in [2.75, 3.05) is 16.3 Å². The zero-order chi connectivity index (χ0) is 16.0. The van der Waals surface area contributed by atoms with Gasteiger partial charge in [0.05, 0.1) is 29.7 Å². The number of hydrogen-bond donors (Lipinski definition) is 0. The molecule has 0 bridgehead atoms. The standard InChI is InChI=1S/C16H20N6O/c1-11-3-5-15(19-18-11)21-8-7-14-13(21)4-6-16(23)22(14)12-9-17-20(2)10-12/h3,5,9-10,13-14H,4,6-8H2,1-2H3/t13-,14-/m1/s1. The lowest BCUT2D eigenvalue weighted by molar-refractivity contribution is -0.120. The number of hydrogen-bond acceptors (Lipinski definition) is 5. The fourth-order valence-corrected chi connectivity index (χ4v) is 3.76. The molecule has 4 rings (SSSR count). The van der Waals surface area contributed by atoms with Crippen LogP contribution in [0.25, 0.3) is 0 Å². The molecule has 2 aliphatic rings. The van der Waals surface area contributed by atoms with Crippen LogP contribution in [0, 0.1) is 6.92 Å². The van der Waals surface area contributed by atoms with Gasteiger partial charge in [-0.15, -0.1) is 5.10 Å². The lowest BCUT2D eigenvalue weighted by Gasteiger charge is -2.39. The quantitative estimate of drug-likeness (QED) is 0.836. The van der Waals surface area contributed by atoms with Crippen LogP contribution in [-0.4, -0.2) is 44.5 Å². The van der Waals surface area contributed by atoms with Gasteiger partial charge in [-0.05, 0) is 31.9 Å². The summed E-state index contributed by atoms with van der Waals surface area (Å²) >= 11 is 0. The van der Waals surface area contributed by atoms with Gasteiger partial charge in [0.2, 0.25) is 5.91 Å². The first-order valence-corrected chi connectivity index (χ1v) is 8.01. The minimum atomic E-state index is 0.184. The van der Waals surface area contributed by atoms with Gasteiger partial charge in [0.25, 0.3) is 0 Å². The van der Waals surface area contributed by atoms with Crippen molar-refractivity contribution in [1.82, 2.24) is 20.0 Å². The molecule has 7 heteroatoms. The van der Waals surface area contributed by atoms with Gasteiger partial charge in [0.15, 0.2) is 5.82 Å². The van der Waals surface area contributed by atoms with Crippen LogP contribution in [0.5, 0.6) is 0 Å². The van der Waals surface area contributed by atoms with Gasteiger partial charge in [-0.2, -0.15) is 10.2 Å². The number of anilines is 2. The molecule has 2 saturated heterocycles. The predicted octanol–water partition coefficient (Wildman–Crippen LogP) is 1.29. The van der Waals surface area contributed by atoms with Gasteiger partial charge in [-0.3, -0.25) is 9.48 Å². The molecule has 0 unspecified atom stereocenters. The average Bonchev–Trinajstić information content (AvgIpc) is 3.14. The molecule has 1 amide bonds. The second-order valence-corrected chi connectivity index (χ2v) is 6.32. The molecule has 7 nitrogen and oxygen atoms in total. The van der Waals surface area contributed by atoms with Crippen molar-refractivity contribution in [3.05, 3.63) is 30.2 Å². The minimum absolute atomic E-state index is 0.184. The van der Waals surface area contributed by atoms with Crippen LogP contribution in [0.1, 0.15) is 25.0 Å². The summed E-state index contributed by atoms with van der Waals surface area (Å²) in [6, 6.07) is 4.49. The van der Waals surface area contributed by atoms with Gasteiger partial charge >= 0.3 is 0 Å². The molecule has 2 fully saturated rings. The molecular weight excluding hydrogens is 292 g/mol. The number of rotatable bonds is 2. The van der Waals surface area contributed by atoms with E-state index in [4.69, 9.17) is 0 Å². The van der Waals surface area contributed by atoms with E-state index >= 15 is 0 Å². The summed E-state index contributed by atoms with van der Waals surface area (Å²) in [6.07, 6.45) is 6.06. The van der Waals surface area contributed by atoms with E-state index in [1.807, 2.05) is 37.2 Å². The highest BCUT2D eigenvalue weighted by Crippen LogP contribution is 2.36. The summed E-state index contributed by atoms with van der Waals surface area (Å²) in [6.45, 7) is 2.84. The van der Waals surface area contributed by atoms with Gasteiger partial charge in [0.1, 0.15) is 0 Å². The fraction of sp³-hybridized carbons (Fsp3) is 0.500. The van der Waals surface area contributed by atoms with Crippen molar-refractivity contribution in [2.45, 2.75) is 38.3 Å². The highest BCUT2D eigenvalue weighted by molar-refractivity contribution is 5.95. The Bertz CT molecular complexity index is 724. The van der Waals surface area contributed by atoms with E-state index in [0.29, 0.717) is 12.5 Å². The number of aryl methyl sites for hydroxylation is 2. The van der Waals surface area contributed by atoms with E-state index in [0.717, 1.165) is 36.6 Å². The van der Waals surface area contributed by atoms with Crippen LogP contribution in [0.3, 0.4) is 0 Å². The van der Waals surface area contributed by atoms with Crippen LogP contribution in [0.15, 0.2) is 24.5 Å². The first-order chi connectivity index (χ1) is 11.1. The number of aromatic nitrogens is 4. The molecule has 0 radical (unpaired) electrons. The molecule has 0 aromatic carbocycles. The fourth-order valence-electron chi connectivity index (χ4n) is 3.76. The first kappa shape index (κ1) is 14.2. The Morgan fingerprint density at radius 1 is 1.17 bits per heavy atom. The maximum absolute atomic E-state index is 12.5. The monoisotopic (exact) mass is 312 g/mol. The molecule has 0 aliphatic carbocycles. The van der Waals surface area contributed by atoms with Gasteiger partial charge in [0, 0.05) is 26.2 Å². The number of fused-ring (bicyclic) bond motifs is 1. The third kappa shape index (κ3) is 2.36. The summed E-state index contributed by atoms with van der Waals surface area (Å²) in [5, 5.41) is 12.7. The van der Waals surface area contributed by atoms with E-state index in [1.54, 1.807) is 10.9 Å². The summed E-state index contributed by atoms with van der Waals surface area (Å²) in [5.74, 6) is 1.10. The Balaban J connectivity index is 1.63. The average molecular weight is 312 g/mol. The number of piperidine rings is 1. The Kier molecular flexibility index (Phi) is 3.28. The third-order valence-corrected chi connectivity index (χ3v) is 4.81. The van der Waals surface area contributed by atoms with Gasteiger partial charge in [-0.25, -0.2) is 0 Å². The smallest absolute Gasteiger partial charge is 0.227 e. The van der Waals surface area contributed by atoms with Crippen LogP contribution in [-0.2, 0) is 11.8 Å². The van der Waals surface area contributed by atoms with Crippen LogP contribution in [0.2, 0.25) is 0 Å². The van der Waals surface area contributed by atoms with E-state index in [-0.39, 0.29) is 11.9 Å². The largest absolute Gasteiger partial charge is 0.350 e. The second kappa shape index (κ2) is 5.33. The Morgan fingerprint density at radius 3 is 2.74 bits per heavy atom. The maximum atomic E-state index is 12.5. The zero-order valence-electron chi connectivity index (χ0n) is 13.4. The summed E-state index contributed by atoms with van der Waals surface area (Å²) in [7, 11) is 1.87. The number of amides is 1. The molecular formula is C16H20N6O. The molecule has 23 heavy (non-hydrogen) atoms. The van der Waals surface area contributed by atoms with Crippen molar-refractivity contribution < 1.29 is 4.79 Å². The lowest BCUT2D eigenvalue weighted by Crippen LogP contribution is -2.52. The minimum Gasteiger partial charge on any atom is -0.350 e. The van der Waals surface area contributed by atoms with Crippen LogP contribution < -0.4 is 9.80 Å². The highest BCUT2D eigenvalue weighted by Gasteiger charge is 2.44. The van der Waals surface area contributed by atoms with E-state index in [9.17, 15) is 4.79 Å². The predicted molar refractivity (Wildman–Crippen MR) is 86.2 cm³/mol. The van der Waals surface area contributed by atoms with Crippen molar-refractivity contribution in [1.29, 1.82) is 0 Å². The van der Waals surface area contributed by atoms with E-state index < -0.39 is 0 Å². The Labute approximate surface area is 134 Å². The molecule has 2 aromatic rings. The van der Waals surface area contributed by atoms with E-state index in [1.165, 1.54) is 0 Å². The molecule has 2 aliphatic heterocycles. The maximum Gasteiger partial charge on any atom is 0.227 e.